The highest BCUT2D eigenvalue weighted by Crippen LogP contribution is 2.24. The lowest BCUT2D eigenvalue weighted by Crippen LogP contribution is -2.14. The molecule has 1 N–H and O–H groups in total. The summed E-state index contributed by atoms with van der Waals surface area (Å²) in [6.07, 6.45) is 0.789. The molecule has 3 aromatic rings. The van der Waals surface area contributed by atoms with Crippen molar-refractivity contribution in [1.82, 2.24) is 0 Å². The van der Waals surface area contributed by atoms with Crippen molar-refractivity contribution in [2.45, 2.75) is 19.8 Å². The summed E-state index contributed by atoms with van der Waals surface area (Å²) in [6, 6.07) is 23.6. The van der Waals surface area contributed by atoms with Crippen molar-refractivity contribution in [1.29, 1.82) is 0 Å². The fourth-order valence-electron chi connectivity index (χ4n) is 2.84. The van der Waals surface area contributed by atoms with Crippen LogP contribution in [0.4, 0.5) is 5.69 Å². The van der Waals surface area contributed by atoms with Crippen molar-refractivity contribution in [3.8, 4) is 17.2 Å². The van der Waals surface area contributed by atoms with E-state index in [1.54, 1.807) is 55.5 Å². The third-order valence-electron chi connectivity index (χ3n) is 4.31. The molecule has 3 rings (SSSR count). The van der Waals surface area contributed by atoms with Crippen LogP contribution in [0.1, 0.15) is 30.1 Å². The molecule has 3 aromatic carbocycles. The van der Waals surface area contributed by atoms with Gasteiger partial charge in [-0.15, -0.1) is 0 Å². The largest absolute Gasteiger partial charge is 0.493 e. The maximum absolute atomic E-state index is 12.7. The molecule has 0 saturated carbocycles. The highest BCUT2D eigenvalue weighted by Gasteiger charge is 2.13. The summed E-state index contributed by atoms with van der Waals surface area (Å²) < 4.78 is 16.4. The van der Waals surface area contributed by atoms with Crippen molar-refractivity contribution in [3.05, 3.63) is 84.4 Å². The zero-order valence-electron chi connectivity index (χ0n) is 17.4. The van der Waals surface area contributed by atoms with Crippen molar-refractivity contribution >= 4 is 17.6 Å². The number of ether oxygens (including phenoxy) is 3. The number of carbonyl (C=O) groups excluding carboxylic acids is 2. The van der Waals surface area contributed by atoms with Gasteiger partial charge in [-0.05, 0) is 61.9 Å². The summed E-state index contributed by atoms with van der Waals surface area (Å²) in [5.41, 5.74) is 1.06. The lowest BCUT2D eigenvalue weighted by Gasteiger charge is -2.12. The Kier molecular flexibility index (Phi) is 8.05. The third-order valence-corrected chi connectivity index (χ3v) is 4.31. The molecule has 0 aliphatic rings. The summed E-state index contributed by atoms with van der Waals surface area (Å²) in [6.45, 7) is 2.45. The van der Waals surface area contributed by atoms with Crippen LogP contribution >= 0.6 is 0 Å². The average molecular weight is 419 g/mol. The Hall–Kier alpha value is -3.80. The first-order valence-corrected chi connectivity index (χ1v) is 10.2. The van der Waals surface area contributed by atoms with Crippen LogP contribution in [0, 0.1) is 0 Å². The minimum atomic E-state index is -0.280. The van der Waals surface area contributed by atoms with E-state index >= 15 is 0 Å². The Labute approximate surface area is 181 Å². The maximum atomic E-state index is 12.7. The van der Waals surface area contributed by atoms with Gasteiger partial charge in [0.05, 0.1) is 18.8 Å². The monoisotopic (exact) mass is 419 g/mol. The van der Waals surface area contributed by atoms with Crippen LogP contribution in [-0.2, 0) is 9.53 Å². The van der Waals surface area contributed by atoms with Gasteiger partial charge in [-0.25, -0.2) is 0 Å². The smallest absolute Gasteiger partial charge is 0.305 e. The molecule has 6 nitrogen and oxygen atoms in total. The lowest BCUT2D eigenvalue weighted by atomic mass is 10.1. The molecule has 31 heavy (non-hydrogen) atoms. The molecule has 0 atom stereocenters. The van der Waals surface area contributed by atoms with Gasteiger partial charge >= 0.3 is 5.97 Å². The van der Waals surface area contributed by atoms with Gasteiger partial charge < -0.3 is 19.5 Å². The van der Waals surface area contributed by atoms with E-state index in [4.69, 9.17) is 14.2 Å². The van der Waals surface area contributed by atoms with E-state index in [9.17, 15) is 9.59 Å². The number of esters is 1. The van der Waals surface area contributed by atoms with E-state index in [0.29, 0.717) is 42.4 Å². The zero-order chi connectivity index (χ0) is 21.9. The molecule has 6 heteroatoms. The minimum absolute atomic E-state index is 0.253. The van der Waals surface area contributed by atoms with E-state index in [-0.39, 0.29) is 18.3 Å². The number of hydrogen-bond acceptors (Lipinski definition) is 5. The van der Waals surface area contributed by atoms with E-state index in [1.165, 1.54) is 0 Å². The van der Waals surface area contributed by atoms with Crippen LogP contribution in [0.5, 0.6) is 17.2 Å². The molecule has 0 unspecified atom stereocenters. The van der Waals surface area contributed by atoms with Gasteiger partial charge in [-0.3, -0.25) is 9.59 Å². The molecule has 0 heterocycles. The number of hydrogen-bond donors (Lipinski definition) is 1. The molecule has 0 bridgehead atoms. The summed E-state index contributed by atoms with van der Waals surface area (Å²) in [7, 11) is 0. The van der Waals surface area contributed by atoms with Crippen LogP contribution in [0.2, 0.25) is 0 Å². The fourth-order valence-corrected chi connectivity index (χ4v) is 2.84. The van der Waals surface area contributed by atoms with Gasteiger partial charge in [0.25, 0.3) is 5.91 Å². The molecule has 0 aromatic heterocycles. The quantitative estimate of drug-likeness (QED) is 0.349. The van der Waals surface area contributed by atoms with Crippen molar-refractivity contribution in [3.63, 3.8) is 0 Å². The summed E-state index contributed by atoms with van der Waals surface area (Å²) in [5.74, 6) is 1.35. The van der Waals surface area contributed by atoms with Gasteiger partial charge in [0.15, 0.2) is 0 Å². The number of para-hydroxylation sites is 2. The molecule has 0 saturated heterocycles. The average Bonchev–Trinajstić information content (AvgIpc) is 2.79. The van der Waals surface area contributed by atoms with Crippen LogP contribution in [0.25, 0.3) is 0 Å². The van der Waals surface area contributed by atoms with E-state index in [1.807, 2.05) is 30.3 Å². The first-order valence-electron chi connectivity index (χ1n) is 10.2. The van der Waals surface area contributed by atoms with E-state index in [0.717, 1.165) is 5.75 Å². The maximum Gasteiger partial charge on any atom is 0.305 e. The second kappa shape index (κ2) is 11.4. The Morgan fingerprint density at radius 3 is 2.26 bits per heavy atom. The van der Waals surface area contributed by atoms with Crippen LogP contribution in [-0.4, -0.2) is 25.1 Å². The Morgan fingerprint density at radius 2 is 1.52 bits per heavy atom. The molecule has 160 valence electrons. The highest BCUT2D eigenvalue weighted by molar-refractivity contribution is 6.06. The van der Waals surface area contributed by atoms with Crippen LogP contribution < -0.4 is 14.8 Å². The topological polar surface area (TPSA) is 73.9 Å². The summed E-state index contributed by atoms with van der Waals surface area (Å²) in [5, 5.41) is 2.87. The fraction of sp³-hybridized carbons (Fsp3) is 0.200. The highest BCUT2D eigenvalue weighted by atomic mass is 16.5. The summed E-state index contributed by atoms with van der Waals surface area (Å²) >= 11 is 0. The SMILES string of the molecule is CCOC(=O)CCCOc1ccccc1C(=O)Nc1ccc(Oc2ccccc2)cc1. The predicted molar refractivity (Wildman–Crippen MR) is 119 cm³/mol. The molecule has 0 fully saturated rings. The van der Waals surface area contributed by atoms with Gasteiger partial charge in [-0.1, -0.05) is 30.3 Å². The minimum Gasteiger partial charge on any atom is -0.493 e. The predicted octanol–water partition coefficient (Wildman–Crippen LogP) is 5.45. The molecule has 0 aliphatic heterocycles. The molecule has 1 amide bonds. The standard InChI is InChI=1S/C25H25NO5/c1-2-29-24(27)13-8-18-30-23-12-7-6-11-22(23)25(28)26-19-14-16-21(17-15-19)31-20-9-4-3-5-10-20/h3-7,9-12,14-17H,2,8,13,18H2,1H3,(H,26,28). The third kappa shape index (κ3) is 6.89. The van der Waals surface area contributed by atoms with Crippen LogP contribution in [0.15, 0.2) is 78.9 Å². The molecular formula is C25H25NO5. The number of benzene rings is 3. The normalized spacial score (nSPS) is 10.2. The Morgan fingerprint density at radius 1 is 0.839 bits per heavy atom. The van der Waals surface area contributed by atoms with Gasteiger partial charge in [0.2, 0.25) is 0 Å². The van der Waals surface area contributed by atoms with Crippen molar-refractivity contribution in [2.24, 2.45) is 0 Å². The van der Waals surface area contributed by atoms with E-state index < -0.39 is 0 Å². The second-order valence-electron chi connectivity index (χ2n) is 6.65. The summed E-state index contributed by atoms with van der Waals surface area (Å²) in [4.78, 5) is 24.1. The number of nitrogens with one attached hydrogen (secondary N) is 1. The molecule has 0 radical (unpaired) electrons. The number of amides is 1. The Balaban J connectivity index is 1.56. The first-order chi connectivity index (χ1) is 15.2. The molecule has 0 spiro atoms. The van der Waals surface area contributed by atoms with Crippen LogP contribution in [0.3, 0.4) is 0 Å². The molecular weight excluding hydrogens is 394 g/mol. The Bertz CT molecular complexity index is 986. The number of carbonyl (C=O) groups is 2. The second-order valence-corrected chi connectivity index (χ2v) is 6.65. The zero-order valence-corrected chi connectivity index (χ0v) is 17.4. The first kappa shape index (κ1) is 21.9. The van der Waals surface area contributed by atoms with E-state index in [2.05, 4.69) is 5.32 Å². The number of rotatable bonds is 10. The lowest BCUT2D eigenvalue weighted by molar-refractivity contribution is -0.143. The molecule has 0 aliphatic carbocycles. The van der Waals surface area contributed by atoms with Gasteiger partial charge in [-0.2, -0.15) is 0 Å². The van der Waals surface area contributed by atoms with Crippen molar-refractivity contribution in [2.75, 3.05) is 18.5 Å². The number of anilines is 1. The van der Waals surface area contributed by atoms with Crippen molar-refractivity contribution < 1.29 is 23.8 Å². The van der Waals surface area contributed by atoms with Gasteiger partial charge in [0.1, 0.15) is 17.2 Å². The van der Waals surface area contributed by atoms with Gasteiger partial charge in [0, 0.05) is 12.1 Å².